The summed E-state index contributed by atoms with van der Waals surface area (Å²) in [7, 11) is 1.42. The van der Waals surface area contributed by atoms with E-state index in [1.165, 1.54) is 19.4 Å². The molecular formula is C12H11Cl2NO5. The predicted octanol–water partition coefficient (Wildman–Crippen LogP) is 1.96. The van der Waals surface area contributed by atoms with Gasteiger partial charge in [-0.15, -0.1) is 23.2 Å². The number of carbonyl (C=O) groups excluding carboxylic acids is 2. The lowest BCUT2D eigenvalue weighted by molar-refractivity contribution is -0.140. The van der Waals surface area contributed by atoms with Gasteiger partial charge in [0.25, 0.3) is 0 Å². The van der Waals surface area contributed by atoms with Gasteiger partial charge in [-0.2, -0.15) is 0 Å². The van der Waals surface area contributed by atoms with Crippen LogP contribution in [0.5, 0.6) is 11.5 Å². The number of hydrogen-bond donors (Lipinski definition) is 0. The molecule has 0 N–H and O–H groups in total. The van der Waals surface area contributed by atoms with Crippen LogP contribution in [0.3, 0.4) is 0 Å². The number of nitrogens with zero attached hydrogens (tertiary/aromatic N) is 1. The van der Waals surface area contributed by atoms with E-state index in [1.807, 2.05) is 0 Å². The molecule has 0 aliphatic heterocycles. The summed E-state index contributed by atoms with van der Waals surface area (Å²) in [5.41, 5.74) is 0.579. The number of hydrogen-bond acceptors (Lipinski definition) is 6. The van der Waals surface area contributed by atoms with Crippen molar-refractivity contribution in [2.24, 2.45) is 5.16 Å². The summed E-state index contributed by atoms with van der Waals surface area (Å²) in [6.07, 6.45) is 1.29. The molecule has 0 aliphatic rings. The molecule has 0 aromatic heterocycles. The lowest BCUT2D eigenvalue weighted by Gasteiger charge is -2.08. The van der Waals surface area contributed by atoms with Crippen LogP contribution in [-0.4, -0.2) is 37.0 Å². The number of esters is 1. The molecule has 0 radical (unpaired) electrons. The molecule has 0 aliphatic carbocycles. The van der Waals surface area contributed by atoms with Crippen molar-refractivity contribution in [2.45, 2.75) is 0 Å². The number of oxime groups is 1. The second-order valence-corrected chi connectivity index (χ2v) is 3.88. The van der Waals surface area contributed by atoms with Crippen molar-refractivity contribution in [1.82, 2.24) is 0 Å². The first-order valence-electron chi connectivity index (χ1n) is 5.34. The van der Waals surface area contributed by atoms with E-state index < -0.39 is 11.9 Å². The lowest BCUT2D eigenvalue weighted by atomic mass is 10.2. The highest BCUT2D eigenvalue weighted by Gasteiger charge is 2.09. The standard InChI is InChI=1S/C12H11Cl2NO5/c1-18-10-4-8(7-15-20-12(17)6-14)2-3-9(10)19-11(16)5-13/h2-4,7H,5-6H2,1H3/b15-7+. The average molecular weight is 320 g/mol. The minimum Gasteiger partial charge on any atom is -0.493 e. The minimum absolute atomic E-state index is 0.230. The molecular weight excluding hydrogens is 309 g/mol. The van der Waals surface area contributed by atoms with Crippen molar-refractivity contribution in [3.8, 4) is 11.5 Å². The summed E-state index contributed by atoms with van der Waals surface area (Å²) >= 11 is 10.6. The Morgan fingerprint density at radius 1 is 1.20 bits per heavy atom. The molecule has 0 saturated heterocycles. The first kappa shape index (κ1) is 16.3. The van der Waals surface area contributed by atoms with Gasteiger partial charge < -0.3 is 14.3 Å². The van der Waals surface area contributed by atoms with E-state index in [4.69, 9.17) is 32.7 Å². The maximum atomic E-state index is 11.1. The summed E-state index contributed by atoms with van der Waals surface area (Å²) < 4.78 is 10.0. The smallest absolute Gasteiger partial charge is 0.349 e. The molecule has 6 nitrogen and oxygen atoms in total. The highest BCUT2D eigenvalue weighted by Crippen LogP contribution is 2.27. The third-order valence-electron chi connectivity index (χ3n) is 1.99. The molecule has 1 aromatic rings. The summed E-state index contributed by atoms with van der Waals surface area (Å²) in [5, 5.41) is 3.45. The second kappa shape index (κ2) is 8.39. The number of halogens is 2. The van der Waals surface area contributed by atoms with Gasteiger partial charge in [0.05, 0.1) is 13.3 Å². The number of benzene rings is 1. The van der Waals surface area contributed by atoms with Gasteiger partial charge in [-0.1, -0.05) is 5.16 Å². The van der Waals surface area contributed by atoms with E-state index in [0.29, 0.717) is 11.3 Å². The van der Waals surface area contributed by atoms with Crippen LogP contribution in [0.1, 0.15) is 5.56 Å². The normalized spacial score (nSPS) is 10.3. The number of carbonyl (C=O) groups is 2. The topological polar surface area (TPSA) is 74.2 Å². The summed E-state index contributed by atoms with van der Waals surface area (Å²) in [4.78, 5) is 26.3. The predicted molar refractivity (Wildman–Crippen MR) is 73.8 cm³/mol. The summed E-state index contributed by atoms with van der Waals surface area (Å²) in [5.74, 6) is -1.26. The van der Waals surface area contributed by atoms with Crippen LogP contribution in [0.15, 0.2) is 23.4 Å². The SMILES string of the molecule is COc1cc(/C=N/OC(=O)CCl)ccc1OC(=O)CCl. The maximum Gasteiger partial charge on any atom is 0.349 e. The van der Waals surface area contributed by atoms with Gasteiger partial charge in [-0.05, 0) is 18.2 Å². The van der Waals surface area contributed by atoms with Gasteiger partial charge in [0.1, 0.15) is 11.8 Å². The second-order valence-electron chi connectivity index (χ2n) is 3.35. The highest BCUT2D eigenvalue weighted by molar-refractivity contribution is 6.26. The Hall–Kier alpha value is -1.79. The largest absolute Gasteiger partial charge is 0.493 e. The molecule has 0 atom stereocenters. The molecule has 0 saturated carbocycles. The van der Waals surface area contributed by atoms with Crippen molar-refractivity contribution in [3.63, 3.8) is 0 Å². The molecule has 1 rings (SSSR count). The Morgan fingerprint density at radius 3 is 2.50 bits per heavy atom. The molecule has 0 bridgehead atoms. The minimum atomic E-state index is -0.664. The van der Waals surface area contributed by atoms with Crippen molar-refractivity contribution >= 4 is 41.4 Å². The Balaban J connectivity index is 2.81. The Morgan fingerprint density at radius 2 is 1.90 bits per heavy atom. The monoisotopic (exact) mass is 319 g/mol. The fourth-order valence-electron chi connectivity index (χ4n) is 1.17. The van der Waals surface area contributed by atoms with Gasteiger partial charge in [0.15, 0.2) is 11.5 Å². The number of ether oxygens (including phenoxy) is 2. The van der Waals surface area contributed by atoms with Crippen LogP contribution in [0.25, 0.3) is 0 Å². The average Bonchev–Trinajstić information content (AvgIpc) is 2.48. The van der Waals surface area contributed by atoms with E-state index >= 15 is 0 Å². The maximum absolute atomic E-state index is 11.1. The Labute approximate surface area is 125 Å². The third-order valence-corrected chi connectivity index (χ3v) is 2.42. The third kappa shape index (κ3) is 5.07. The van der Waals surface area contributed by atoms with Crippen molar-refractivity contribution in [3.05, 3.63) is 23.8 Å². The van der Waals surface area contributed by atoms with Gasteiger partial charge in [0, 0.05) is 5.56 Å². The number of rotatable bonds is 6. The van der Waals surface area contributed by atoms with E-state index in [-0.39, 0.29) is 17.5 Å². The molecule has 0 amide bonds. The van der Waals surface area contributed by atoms with Crippen LogP contribution in [0.4, 0.5) is 0 Å². The fourth-order valence-corrected chi connectivity index (χ4v) is 1.27. The molecule has 0 spiro atoms. The van der Waals surface area contributed by atoms with Gasteiger partial charge >= 0.3 is 11.9 Å². The van der Waals surface area contributed by atoms with Crippen LogP contribution < -0.4 is 9.47 Å². The van der Waals surface area contributed by atoms with E-state index in [0.717, 1.165) is 0 Å². The van der Waals surface area contributed by atoms with Gasteiger partial charge in [-0.25, -0.2) is 4.79 Å². The fraction of sp³-hybridized carbons (Fsp3) is 0.250. The molecule has 0 unspecified atom stereocenters. The number of methoxy groups -OCH3 is 1. The molecule has 1 aromatic carbocycles. The van der Waals surface area contributed by atoms with Crippen LogP contribution >= 0.6 is 23.2 Å². The summed E-state index contributed by atoms with van der Waals surface area (Å²) in [6.45, 7) is 0. The first-order valence-corrected chi connectivity index (χ1v) is 6.41. The van der Waals surface area contributed by atoms with E-state index in [2.05, 4.69) is 9.99 Å². The van der Waals surface area contributed by atoms with Crippen molar-refractivity contribution < 1.29 is 23.9 Å². The Kier molecular flexibility index (Phi) is 6.83. The van der Waals surface area contributed by atoms with Crippen molar-refractivity contribution in [2.75, 3.05) is 18.9 Å². The molecule has 108 valence electrons. The molecule has 8 heteroatoms. The zero-order chi connectivity index (χ0) is 15.0. The molecule has 0 heterocycles. The Bertz CT molecular complexity index is 519. The van der Waals surface area contributed by atoms with Crippen LogP contribution in [-0.2, 0) is 14.4 Å². The lowest BCUT2D eigenvalue weighted by Crippen LogP contribution is -2.09. The highest BCUT2D eigenvalue weighted by atomic mass is 35.5. The summed E-state index contributed by atoms with van der Waals surface area (Å²) in [6, 6.07) is 4.65. The zero-order valence-corrected chi connectivity index (χ0v) is 12.0. The quantitative estimate of drug-likeness (QED) is 0.200. The molecule has 0 fully saturated rings. The van der Waals surface area contributed by atoms with E-state index in [1.54, 1.807) is 12.1 Å². The van der Waals surface area contributed by atoms with Crippen LogP contribution in [0.2, 0.25) is 0 Å². The van der Waals surface area contributed by atoms with Gasteiger partial charge in [-0.3, -0.25) is 4.79 Å². The zero-order valence-electron chi connectivity index (χ0n) is 10.5. The van der Waals surface area contributed by atoms with Crippen LogP contribution in [0, 0.1) is 0 Å². The van der Waals surface area contributed by atoms with Crippen molar-refractivity contribution in [1.29, 1.82) is 0 Å². The van der Waals surface area contributed by atoms with Gasteiger partial charge in [0.2, 0.25) is 0 Å². The first-order chi connectivity index (χ1) is 9.60. The van der Waals surface area contributed by atoms with E-state index in [9.17, 15) is 9.59 Å². The number of alkyl halides is 2. The molecule has 20 heavy (non-hydrogen) atoms.